The molecule has 1 saturated heterocycles. The minimum absolute atomic E-state index is 0.0340. The summed E-state index contributed by atoms with van der Waals surface area (Å²) in [6.45, 7) is 2.61. The molecule has 2 aromatic carbocycles. The Balaban J connectivity index is 1.40. The number of piperidine rings is 1. The first-order chi connectivity index (χ1) is 15.2. The van der Waals surface area contributed by atoms with E-state index in [0.717, 1.165) is 29.5 Å². The maximum atomic E-state index is 13.5. The van der Waals surface area contributed by atoms with Gasteiger partial charge in [0.2, 0.25) is 0 Å². The number of aromatic nitrogens is 4. The first kappa shape index (κ1) is 19.2. The van der Waals surface area contributed by atoms with E-state index in [-0.39, 0.29) is 18.1 Å². The van der Waals surface area contributed by atoms with Gasteiger partial charge < -0.3 is 9.64 Å². The number of pyridine rings is 1. The summed E-state index contributed by atoms with van der Waals surface area (Å²) in [6.07, 6.45) is 6.66. The molecule has 2 atom stereocenters. The minimum Gasteiger partial charge on any atom is -0.488 e. The highest BCUT2D eigenvalue weighted by Crippen LogP contribution is 2.29. The number of carbonyl (C=O) groups is 1. The van der Waals surface area contributed by atoms with Gasteiger partial charge in [0.05, 0.1) is 35.7 Å². The number of amides is 1. The molecule has 1 aliphatic heterocycles. The first-order valence-electron chi connectivity index (χ1n) is 10.5. The number of carbonyl (C=O) groups excluding carboxylic acids is 1. The van der Waals surface area contributed by atoms with Crippen molar-refractivity contribution in [1.82, 2.24) is 24.9 Å². The largest absolute Gasteiger partial charge is 0.488 e. The Bertz CT molecular complexity index is 1200. The fraction of sp³-hybridized carbons (Fsp3) is 0.250. The number of fused-ring (bicyclic) bond motifs is 1. The molecule has 2 aromatic heterocycles. The van der Waals surface area contributed by atoms with Gasteiger partial charge in [0.15, 0.2) is 0 Å². The van der Waals surface area contributed by atoms with E-state index in [1.165, 1.54) is 4.80 Å². The molecule has 0 saturated carbocycles. The highest BCUT2D eigenvalue weighted by Gasteiger charge is 2.32. The molecule has 31 heavy (non-hydrogen) atoms. The van der Waals surface area contributed by atoms with Crippen LogP contribution in [-0.2, 0) is 0 Å². The number of ether oxygens (including phenoxy) is 1. The lowest BCUT2D eigenvalue weighted by atomic mass is 9.99. The van der Waals surface area contributed by atoms with Crippen molar-refractivity contribution in [2.45, 2.75) is 31.9 Å². The van der Waals surface area contributed by atoms with Gasteiger partial charge >= 0.3 is 0 Å². The van der Waals surface area contributed by atoms with Crippen LogP contribution in [0.4, 0.5) is 0 Å². The van der Waals surface area contributed by atoms with E-state index in [9.17, 15) is 4.79 Å². The standard InChI is InChI=1S/C24H23N5O2/c1-17-10-11-18(31-23-12-13-25-21-8-4-2-6-19(21)23)16-28(17)24(30)20-7-3-5-9-22(20)29-26-14-15-27-29/h2-9,12-15,17-18H,10-11,16H2,1H3/t17-,18+/m1/s1. The third-order valence-corrected chi connectivity index (χ3v) is 5.77. The lowest BCUT2D eigenvalue weighted by molar-refractivity contribution is 0.0388. The van der Waals surface area contributed by atoms with Crippen molar-refractivity contribution in [3.05, 3.63) is 78.8 Å². The van der Waals surface area contributed by atoms with Crippen LogP contribution >= 0.6 is 0 Å². The van der Waals surface area contributed by atoms with Gasteiger partial charge in [-0.25, -0.2) is 0 Å². The van der Waals surface area contributed by atoms with Gasteiger partial charge in [0, 0.05) is 17.6 Å². The zero-order valence-corrected chi connectivity index (χ0v) is 17.3. The molecule has 1 fully saturated rings. The number of hydrogen-bond acceptors (Lipinski definition) is 5. The molecule has 1 amide bonds. The van der Waals surface area contributed by atoms with Crippen LogP contribution in [0, 0.1) is 0 Å². The van der Waals surface area contributed by atoms with Crippen LogP contribution in [0.5, 0.6) is 5.75 Å². The molecule has 7 heteroatoms. The van der Waals surface area contributed by atoms with E-state index < -0.39 is 0 Å². The summed E-state index contributed by atoms with van der Waals surface area (Å²) in [5.41, 5.74) is 2.16. The monoisotopic (exact) mass is 413 g/mol. The Morgan fingerprint density at radius 3 is 2.61 bits per heavy atom. The highest BCUT2D eigenvalue weighted by atomic mass is 16.5. The van der Waals surface area contributed by atoms with Gasteiger partial charge in [0.1, 0.15) is 11.9 Å². The smallest absolute Gasteiger partial charge is 0.256 e. The van der Waals surface area contributed by atoms with Gasteiger partial charge in [0.25, 0.3) is 5.91 Å². The van der Waals surface area contributed by atoms with E-state index >= 15 is 0 Å². The third kappa shape index (κ3) is 3.74. The molecule has 0 bridgehead atoms. The third-order valence-electron chi connectivity index (χ3n) is 5.77. The number of nitrogens with zero attached hydrogens (tertiary/aromatic N) is 5. The van der Waals surface area contributed by atoms with Gasteiger partial charge in [-0.2, -0.15) is 15.0 Å². The quantitative estimate of drug-likeness (QED) is 0.508. The summed E-state index contributed by atoms with van der Waals surface area (Å²) < 4.78 is 6.37. The maximum Gasteiger partial charge on any atom is 0.256 e. The van der Waals surface area contributed by atoms with Gasteiger partial charge in [-0.1, -0.05) is 24.3 Å². The molecule has 0 spiro atoms. The van der Waals surface area contributed by atoms with Crippen molar-refractivity contribution in [3.8, 4) is 11.4 Å². The fourth-order valence-corrected chi connectivity index (χ4v) is 4.13. The Morgan fingerprint density at radius 2 is 1.74 bits per heavy atom. The van der Waals surface area contributed by atoms with E-state index in [0.29, 0.717) is 17.8 Å². The van der Waals surface area contributed by atoms with Crippen molar-refractivity contribution in [2.75, 3.05) is 6.54 Å². The molecule has 0 aliphatic carbocycles. The molecule has 7 nitrogen and oxygen atoms in total. The zero-order valence-electron chi connectivity index (χ0n) is 17.3. The predicted molar refractivity (Wildman–Crippen MR) is 117 cm³/mol. The molecule has 0 N–H and O–H groups in total. The maximum absolute atomic E-state index is 13.5. The van der Waals surface area contributed by atoms with Crippen molar-refractivity contribution in [3.63, 3.8) is 0 Å². The fourth-order valence-electron chi connectivity index (χ4n) is 4.13. The topological polar surface area (TPSA) is 73.1 Å². The van der Waals surface area contributed by atoms with E-state index in [1.54, 1.807) is 18.6 Å². The van der Waals surface area contributed by atoms with Crippen LogP contribution < -0.4 is 4.74 Å². The molecule has 0 radical (unpaired) electrons. The van der Waals surface area contributed by atoms with Crippen LogP contribution in [0.15, 0.2) is 73.2 Å². The van der Waals surface area contributed by atoms with E-state index in [1.807, 2.05) is 59.5 Å². The van der Waals surface area contributed by atoms with Crippen molar-refractivity contribution in [1.29, 1.82) is 0 Å². The number of hydrogen-bond donors (Lipinski definition) is 0. The van der Waals surface area contributed by atoms with Crippen LogP contribution in [0.2, 0.25) is 0 Å². The predicted octanol–water partition coefficient (Wildman–Crippen LogP) is 3.89. The molecule has 1 aliphatic rings. The summed E-state index contributed by atoms with van der Waals surface area (Å²) >= 11 is 0. The highest BCUT2D eigenvalue weighted by molar-refractivity contribution is 5.98. The van der Waals surface area contributed by atoms with Gasteiger partial charge in [-0.15, -0.1) is 0 Å². The van der Waals surface area contributed by atoms with Gasteiger partial charge in [-0.05, 0) is 50.1 Å². The van der Waals surface area contributed by atoms with Crippen LogP contribution in [0.3, 0.4) is 0 Å². The summed E-state index contributed by atoms with van der Waals surface area (Å²) in [6, 6.07) is 17.4. The number of rotatable bonds is 4. The Labute approximate surface area is 180 Å². The average molecular weight is 413 g/mol. The molecule has 156 valence electrons. The minimum atomic E-state index is -0.0825. The molecular weight excluding hydrogens is 390 g/mol. The van der Waals surface area contributed by atoms with Crippen LogP contribution in [0.1, 0.15) is 30.1 Å². The Morgan fingerprint density at radius 1 is 0.968 bits per heavy atom. The second kappa shape index (κ2) is 8.18. The van der Waals surface area contributed by atoms with Crippen molar-refractivity contribution >= 4 is 16.8 Å². The summed E-state index contributed by atoms with van der Waals surface area (Å²) in [7, 11) is 0. The number of para-hydroxylation sites is 2. The lowest BCUT2D eigenvalue weighted by Gasteiger charge is -2.38. The molecular formula is C24H23N5O2. The molecule has 5 rings (SSSR count). The van der Waals surface area contributed by atoms with Crippen LogP contribution in [0.25, 0.3) is 16.6 Å². The summed E-state index contributed by atoms with van der Waals surface area (Å²) in [5, 5.41) is 9.38. The van der Waals surface area contributed by atoms with Gasteiger partial charge in [-0.3, -0.25) is 9.78 Å². The first-order valence-corrected chi connectivity index (χ1v) is 10.5. The molecule has 4 aromatic rings. The molecule has 3 heterocycles. The van der Waals surface area contributed by atoms with Crippen molar-refractivity contribution < 1.29 is 9.53 Å². The number of benzene rings is 2. The summed E-state index contributed by atoms with van der Waals surface area (Å²) in [4.78, 5) is 21.3. The lowest BCUT2D eigenvalue weighted by Crippen LogP contribution is -2.49. The number of likely N-dealkylation sites (tertiary alicyclic amines) is 1. The SMILES string of the molecule is C[C@@H]1CC[C@H](Oc2ccnc3ccccc23)CN1C(=O)c1ccccc1-n1nccn1. The second-order valence-corrected chi connectivity index (χ2v) is 7.79. The van der Waals surface area contributed by atoms with Crippen molar-refractivity contribution in [2.24, 2.45) is 0 Å². The van der Waals surface area contributed by atoms with E-state index in [4.69, 9.17) is 4.74 Å². The summed E-state index contributed by atoms with van der Waals surface area (Å²) in [5.74, 6) is 0.770. The Hall–Kier alpha value is -3.74. The van der Waals surface area contributed by atoms with Crippen LogP contribution in [-0.4, -0.2) is 49.5 Å². The zero-order chi connectivity index (χ0) is 21.2. The molecule has 0 unspecified atom stereocenters. The second-order valence-electron chi connectivity index (χ2n) is 7.79. The normalized spacial score (nSPS) is 18.8. The Kier molecular flexibility index (Phi) is 5.08. The van der Waals surface area contributed by atoms with E-state index in [2.05, 4.69) is 22.1 Å². The average Bonchev–Trinajstić information content (AvgIpc) is 3.35.